The third-order valence-corrected chi connectivity index (χ3v) is 3.90. The molecule has 164 valence electrons. The lowest BCUT2D eigenvalue weighted by Gasteiger charge is -2.17. The number of halogens is 3. The zero-order valence-corrected chi connectivity index (χ0v) is 17.5. The van der Waals surface area contributed by atoms with Crippen molar-refractivity contribution >= 4 is 11.9 Å². The fourth-order valence-electron chi connectivity index (χ4n) is 2.53. The minimum absolute atomic E-state index is 0.0622. The van der Waals surface area contributed by atoms with Crippen LogP contribution >= 0.6 is 0 Å². The highest BCUT2D eigenvalue weighted by molar-refractivity contribution is 5.79. The maximum absolute atomic E-state index is 12.7. The summed E-state index contributed by atoms with van der Waals surface area (Å²) in [5, 5.41) is 9.04. The number of aromatic nitrogens is 2. The number of aliphatic imine (C=N–C) groups is 1. The lowest BCUT2D eigenvalue weighted by atomic mass is 10.1. The largest absolute Gasteiger partial charge is 0.491 e. The number of benzene rings is 1. The van der Waals surface area contributed by atoms with Gasteiger partial charge >= 0.3 is 6.18 Å². The predicted molar refractivity (Wildman–Crippen MR) is 111 cm³/mol. The van der Waals surface area contributed by atoms with Crippen LogP contribution in [0.5, 0.6) is 5.75 Å². The summed E-state index contributed by atoms with van der Waals surface area (Å²) < 4.78 is 43.9. The number of ether oxygens (including phenoxy) is 1. The number of hydrogen-bond acceptors (Lipinski definition) is 5. The quantitative estimate of drug-likeness (QED) is 0.342. The second-order valence-electron chi connectivity index (χ2n) is 6.82. The molecule has 0 saturated carbocycles. The minimum Gasteiger partial charge on any atom is -0.491 e. The highest BCUT2D eigenvalue weighted by Crippen LogP contribution is 2.27. The lowest BCUT2D eigenvalue weighted by Crippen LogP contribution is -2.39. The Morgan fingerprint density at radius 2 is 1.93 bits per heavy atom. The van der Waals surface area contributed by atoms with Crippen molar-refractivity contribution in [1.82, 2.24) is 20.6 Å². The molecule has 0 fully saturated rings. The van der Waals surface area contributed by atoms with Crippen molar-refractivity contribution < 1.29 is 17.9 Å². The molecule has 30 heavy (non-hydrogen) atoms. The van der Waals surface area contributed by atoms with Crippen molar-refractivity contribution in [3.8, 4) is 5.75 Å². The molecule has 7 nitrogen and oxygen atoms in total. The van der Waals surface area contributed by atoms with Crippen LogP contribution in [-0.2, 0) is 12.7 Å². The number of alkyl halides is 3. The van der Waals surface area contributed by atoms with E-state index < -0.39 is 11.9 Å². The standard InChI is InChI=1S/C20H27F3N6O/c1-13(2)30-16-11-14(3)5-6-15(16)12-28-18(24-4)26-9-10-27-19-25-8-7-17(29-19)20(21,22)23/h5-8,11,13H,9-10,12H2,1-4H3,(H2,24,26,28)(H,25,27,29). The molecule has 1 heterocycles. The van der Waals surface area contributed by atoms with Crippen molar-refractivity contribution in [2.24, 2.45) is 4.99 Å². The maximum atomic E-state index is 12.7. The van der Waals surface area contributed by atoms with Crippen molar-refractivity contribution in [3.63, 3.8) is 0 Å². The fraction of sp³-hybridized carbons (Fsp3) is 0.450. The van der Waals surface area contributed by atoms with Crippen LogP contribution in [0.1, 0.15) is 30.7 Å². The molecule has 0 bridgehead atoms. The number of aryl methyl sites for hydroxylation is 1. The smallest absolute Gasteiger partial charge is 0.433 e. The Morgan fingerprint density at radius 3 is 2.60 bits per heavy atom. The van der Waals surface area contributed by atoms with E-state index in [2.05, 4.69) is 30.9 Å². The van der Waals surface area contributed by atoms with Crippen molar-refractivity contribution in [2.75, 3.05) is 25.5 Å². The van der Waals surface area contributed by atoms with Gasteiger partial charge in [0.15, 0.2) is 5.96 Å². The predicted octanol–water partition coefficient (Wildman–Crippen LogP) is 3.37. The van der Waals surface area contributed by atoms with Crippen molar-refractivity contribution in [2.45, 2.75) is 39.6 Å². The average Bonchev–Trinajstić information content (AvgIpc) is 2.68. The third-order valence-electron chi connectivity index (χ3n) is 3.90. The Labute approximate surface area is 174 Å². The zero-order chi connectivity index (χ0) is 22.1. The summed E-state index contributed by atoms with van der Waals surface area (Å²) in [6, 6.07) is 6.84. The molecule has 0 aliphatic carbocycles. The third kappa shape index (κ3) is 7.41. The average molecular weight is 424 g/mol. The normalized spacial score (nSPS) is 12.1. The van der Waals surface area contributed by atoms with Gasteiger partial charge in [0.25, 0.3) is 0 Å². The summed E-state index contributed by atoms with van der Waals surface area (Å²) in [5.41, 5.74) is 1.12. The van der Waals surface area contributed by atoms with E-state index in [1.165, 1.54) is 0 Å². The molecule has 0 radical (unpaired) electrons. The van der Waals surface area contributed by atoms with Crippen molar-refractivity contribution in [1.29, 1.82) is 0 Å². The molecule has 0 unspecified atom stereocenters. The molecule has 10 heteroatoms. The van der Waals surface area contributed by atoms with E-state index in [4.69, 9.17) is 4.74 Å². The van der Waals surface area contributed by atoms with Gasteiger partial charge in [0.2, 0.25) is 5.95 Å². The molecule has 0 atom stereocenters. The Bertz CT molecular complexity index is 855. The number of hydrogen-bond donors (Lipinski definition) is 3. The number of nitrogens with zero attached hydrogens (tertiary/aromatic N) is 3. The molecule has 0 saturated heterocycles. The van der Waals surface area contributed by atoms with Crippen LogP contribution < -0.4 is 20.7 Å². The van der Waals surface area contributed by atoms with Crippen molar-refractivity contribution in [3.05, 3.63) is 47.3 Å². The second-order valence-corrected chi connectivity index (χ2v) is 6.82. The molecule has 0 aliphatic heterocycles. The van der Waals surface area contributed by atoms with Crippen LogP contribution in [-0.4, -0.2) is 42.2 Å². The van der Waals surface area contributed by atoms with Gasteiger partial charge in [-0.3, -0.25) is 4.99 Å². The Balaban J connectivity index is 1.84. The van der Waals surface area contributed by atoms with Gasteiger partial charge in [-0.1, -0.05) is 12.1 Å². The van der Waals surface area contributed by atoms with Crippen LogP contribution in [0.4, 0.5) is 19.1 Å². The van der Waals surface area contributed by atoms with E-state index in [0.29, 0.717) is 25.6 Å². The molecule has 1 aromatic carbocycles. The number of anilines is 1. The van der Waals surface area contributed by atoms with Crippen LogP contribution in [0.3, 0.4) is 0 Å². The molecule has 0 spiro atoms. The van der Waals surface area contributed by atoms with E-state index in [0.717, 1.165) is 29.1 Å². The Hall–Kier alpha value is -3.04. The molecule has 2 aromatic rings. The highest BCUT2D eigenvalue weighted by Gasteiger charge is 2.32. The first-order valence-electron chi connectivity index (χ1n) is 9.54. The first kappa shape index (κ1) is 23.2. The van der Waals surface area contributed by atoms with Gasteiger partial charge in [0.05, 0.1) is 6.10 Å². The molecule has 0 amide bonds. The first-order chi connectivity index (χ1) is 14.2. The summed E-state index contributed by atoms with van der Waals surface area (Å²) >= 11 is 0. The van der Waals surface area contributed by atoms with Gasteiger partial charge in [0, 0.05) is 38.4 Å². The Morgan fingerprint density at radius 1 is 1.17 bits per heavy atom. The molecular formula is C20H27F3N6O. The molecule has 2 rings (SSSR count). The summed E-state index contributed by atoms with van der Waals surface area (Å²) in [6.45, 7) is 7.18. The van der Waals surface area contributed by atoms with E-state index in [1.807, 2.05) is 39.0 Å². The molecule has 1 aromatic heterocycles. The molecule has 0 aliphatic rings. The van der Waals surface area contributed by atoms with Gasteiger partial charge < -0.3 is 20.7 Å². The van der Waals surface area contributed by atoms with Gasteiger partial charge in [-0.15, -0.1) is 0 Å². The van der Waals surface area contributed by atoms with Gasteiger partial charge in [-0.05, 0) is 38.5 Å². The summed E-state index contributed by atoms with van der Waals surface area (Å²) in [5.74, 6) is 1.29. The highest BCUT2D eigenvalue weighted by atomic mass is 19.4. The Kier molecular flexibility index (Phi) is 8.25. The maximum Gasteiger partial charge on any atom is 0.433 e. The van der Waals surface area contributed by atoms with Gasteiger partial charge in [0.1, 0.15) is 11.4 Å². The number of guanidine groups is 1. The SMILES string of the molecule is CN=C(NCCNc1nccc(C(F)(F)F)n1)NCc1ccc(C)cc1OC(C)C. The lowest BCUT2D eigenvalue weighted by molar-refractivity contribution is -0.141. The van der Waals surface area contributed by atoms with Crippen LogP contribution in [0, 0.1) is 6.92 Å². The monoisotopic (exact) mass is 424 g/mol. The number of rotatable bonds is 8. The second kappa shape index (κ2) is 10.7. The van der Waals surface area contributed by atoms with E-state index in [9.17, 15) is 13.2 Å². The van der Waals surface area contributed by atoms with Crippen LogP contribution in [0.15, 0.2) is 35.5 Å². The van der Waals surface area contributed by atoms with Gasteiger partial charge in [-0.2, -0.15) is 13.2 Å². The van der Waals surface area contributed by atoms with E-state index in [1.54, 1.807) is 7.05 Å². The summed E-state index contributed by atoms with van der Waals surface area (Å²) in [4.78, 5) is 11.4. The molecular weight excluding hydrogens is 397 g/mol. The first-order valence-corrected chi connectivity index (χ1v) is 9.54. The topological polar surface area (TPSA) is 83.5 Å². The minimum atomic E-state index is -4.50. The van der Waals surface area contributed by atoms with Crippen LogP contribution in [0.2, 0.25) is 0 Å². The summed E-state index contributed by atoms with van der Waals surface area (Å²) in [6.07, 6.45) is -3.37. The zero-order valence-electron chi connectivity index (χ0n) is 17.5. The molecule has 3 N–H and O–H groups in total. The fourth-order valence-corrected chi connectivity index (χ4v) is 2.53. The summed E-state index contributed by atoms with van der Waals surface area (Å²) in [7, 11) is 1.64. The van der Waals surface area contributed by atoms with Crippen LogP contribution in [0.25, 0.3) is 0 Å². The number of nitrogens with one attached hydrogen (secondary N) is 3. The van der Waals surface area contributed by atoms with Gasteiger partial charge in [-0.25, -0.2) is 9.97 Å². The van der Waals surface area contributed by atoms with E-state index in [-0.39, 0.29) is 12.1 Å². The van der Waals surface area contributed by atoms with E-state index >= 15 is 0 Å².